The number of carbonyl (C=O) groups excluding carboxylic acids is 1. The first-order valence-electron chi connectivity index (χ1n) is 7.26. The molecular formula is C16H22N2O2S2. The zero-order valence-electron chi connectivity index (χ0n) is 13.3. The minimum Gasteiger partial charge on any atom is -0.393 e. The van der Waals surface area contributed by atoms with Gasteiger partial charge in [0.15, 0.2) is 0 Å². The molecule has 0 aliphatic carbocycles. The van der Waals surface area contributed by atoms with Gasteiger partial charge in [0.1, 0.15) is 9.88 Å². The molecular weight excluding hydrogens is 316 g/mol. The van der Waals surface area contributed by atoms with Gasteiger partial charge in [-0.05, 0) is 37.1 Å². The lowest BCUT2D eigenvalue weighted by molar-refractivity contribution is 0.0905. The number of nitrogens with one attached hydrogen (secondary N) is 1. The SMILES string of the molecule is Cc1nc(-c2cccs2)sc1C(=O)NCC(C)(C)CC(C)O. The van der Waals surface area contributed by atoms with Crippen molar-refractivity contribution in [3.8, 4) is 9.88 Å². The predicted molar refractivity (Wildman–Crippen MR) is 92.6 cm³/mol. The lowest BCUT2D eigenvalue weighted by atomic mass is 9.87. The third-order valence-electron chi connectivity index (χ3n) is 3.31. The van der Waals surface area contributed by atoms with Crippen molar-refractivity contribution >= 4 is 28.6 Å². The van der Waals surface area contributed by atoms with E-state index in [0.29, 0.717) is 17.8 Å². The third-order valence-corrected chi connectivity index (χ3v) is 5.51. The van der Waals surface area contributed by atoms with Crippen molar-refractivity contribution in [3.63, 3.8) is 0 Å². The molecule has 2 N–H and O–H groups in total. The summed E-state index contributed by atoms with van der Waals surface area (Å²) >= 11 is 3.05. The van der Waals surface area contributed by atoms with Crippen molar-refractivity contribution < 1.29 is 9.90 Å². The van der Waals surface area contributed by atoms with Crippen LogP contribution in [0.25, 0.3) is 9.88 Å². The lowest BCUT2D eigenvalue weighted by Gasteiger charge is -2.26. The van der Waals surface area contributed by atoms with Gasteiger partial charge in [-0.1, -0.05) is 19.9 Å². The fourth-order valence-corrected chi connectivity index (χ4v) is 4.16. The van der Waals surface area contributed by atoms with Crippen LogP contribution in [0.4, 0.5) is 0 Å². The highest BCUT2D eigenvalue weighted by Crippen LogP contribution is 2.31. The normalized spacial score (nSPS) is 13.1. The van der Waals surface area contributed by atoms with Crippen molar-refractivity contribution in [1.29, 1.82) is 0 Å². The van der Waals surface area contributed by atoms with Crippen LogP contribution in [-0.2, 0) is 0 Å². The first kappa shape index (κ1) is 17.1. The van der Waals surface area contributed by atoms with Crippen molar-refractivity contribution in [3.05, 3.63) is 28.1 Å². The number of amides is 1. The highest BCUT2D eigenvalue weighted by atomic mass is 32.1. The largest absolute Gasteiger partial charge is 0.393 e. The molecule has 2 aromatic heterocycles. The molecule has 2 heterocycles. The average molecular weight is 338 g/mol. The Morgan fingerprint density at radius 1 is 1.50 bits per heavy atom. The van der Waals surface area contributed by atoms with E-state index >= 15 is 0 Å². The fraction of sp³-hybridized carbons (Fsp3) is 0.500. The van der Waals surface area contributed by atoms with Crippen LogP contribution in [-0.4, -0.2) is 28.6 Å². The lowest BCUT2D eigenvalue weighted by Crippen LogP contribution is -2.35. The number of thiophene rings is 1. The molecule has 2 rings (SSSR count). The first-order valence-corrected chi connectivity index (χ1v) is 8.96. The molecule has 0 radical (unpaired) electrons. The molecule has 1 unspecified atom stereocenters. The summed E-state index contributed by atoms with van der Waals surface area (Å²) in [5.74, 6) is -0.0866. The quantitative estimate of drug-likeness (QED) is 0.844. The van der Waals surface area contributed by atoms with Crippen molar-refractivity contribution in [2.75, 3.05) is 6.54 Å². The van der Waals surface area contributed by atoms with Gasteiger partial charge in [0.05, 0.1) is 16.7 Å². The minimum atomic E-state index is -0.373. The highest BCUT2D eigenvalue weighted by Gasteiger charge is 2.23. The van der Waals surface area contributed by atoms with E-state index in [9.17, 15) is 9.90 Å². The smallest absolute Gasteiger partial charge is 0.263 e. The number of hydrogen-bond acceptors (Lipinski definition) is 5. The van der Waals surface area contributed by atoms with E-state index < -0.39 is 0 Å². The Morgan fingerprint density at radius 2 is 2.23 bits per heavy atom. The second-order valence-electron chi connectivity index (χ2n) is 6.31. The number of aryl methyl sites for hydroxylation is 1. The van der Waals surface area contributed by atoms with Crippen LogP contribution in [0.1, 0.15) is 42.6 Å². The average Bonchev–Trinajstić information content (AvgIpc) is 3.03. The maximum atomic E-state index is 12.4. The van der Waals surface area contributed by atoms with Crippen molar-refractivity contribution in [1.82, 2.24) is 10.3 Å². The first-order chi connectivity index (χ1) is 10.3. The molecule has 0 aromatic carbocycles. The van der Waals surface area contributed by atoms with E-state index in [0.717, 1.165) is 15.6 Å². The summed E-state index contributed by atoms with van der Waals surface area (Å²) in [5, 5.41) is 15.4. The topological polar surface area (TPSA) is 62.2 Å². The number of aromatic nitrogens is 1. The Kier molecular flexibility index (Phi) is 5.36. The molecule has 0 aliphatic rings. The summed E-state index contributed by atoms with van der Waals surface area (Å²) in [5.41, 5.74) is 0.623. The van der Waals surface area contributed by atoms with E-state index in [1.54, 1.807) is 18.3 Å². The van der Waals surface area contributed by atoms with E-state index in [-0.39, 0.29) is 17.4 Å². The zero-order valence-corrected chi connectivity index (χ0v) is 15.0. The molecule has 0 saturated carbocycles. The van der Waals surface area contributed by atoms with Gasteiger partial charge in [-0.15, -0.1) is 22.7 Å². The minimum absolute atomic E-state index is 0.0866. The van der Waals surface area contributed by atoms with Crippen LogP contribution < -0.4 is 5.32 Å². The Balaban J connectivity index is 2.04. The van der Waals surface area contributed by atoms with Gasteiger partial charge in [-0.2, -0.15) is 0 Å². The standard InChI is InChI=1S/C16H22N2O2S2/c1-10(19)8-16(3,4)9-17-14(20)13-11(2)18-15(22-13)12-6-5-7-21-12/h5-7,10,19H,8-9H2,1-4H3,(H,17,20). The summed E-state index contributed by atoms with van der Waals surface area (Å²) in [6.07, 6.45) is 0.276. The summed E-state index contributed by atoms with van der Waals surface area (Å²) < 4.78 is 0. The number of nitrogens with zero attached hydrogens (tertiary/aromatic N) is 1. The second kappa shape index (κ2) is 6.89. The molecule has 120 valence electrons. The Hall–Kier alpha value is -1.24. The fourth-order valence-electron chi connectivity index (χ4n) is 2.38. The molecule has 0 aliphatic heterocycles. The maximum absolute atomic E-state index is 12.4. The highest BCUT2D eigenvalue weighted by molar-refractivity contribution is 7.22. The Labute approximate surface area is 139 Å². The molecule has 0 spiro atoms. The Morgan fingerprint density at radius 3 is 2.82 bits per heavy atom. The summed E-state index contributed by atoms with van der Waals surface area (Å²) in [6, 6.07) is 3.99. The predicted octanol–water partition coefficient (Wildman–Crippen LogP) is 3.71. The summed E-state index contributed by atoms with van der Waals surface area (Å²) in [7, 11) is 0. The van der Waals surface area contributed by atoms with Crippen LogP contribution in [0.5, 0.6) is 0 Å². The zero-order chi connectivity index (χ0) is 16.3. The molecule has 2 aromatic rings. The van der Waals surface area contributed by atoms with Crippen LogP contribution in [0, 0.1) is 12.3 Å². The molecule has 0 bridgehead atoms. The number of hydrogen-bond donors (Lipinski definition) is 2. The molecule has 0 fully saturated rings. The van der Waals surface area contributed by atoms with Gasteiger partial charge in [-0.25, -0.2) is 4.98 Å². The van der Waals surface area contributed by atoms with Gasteiger partial charge < -0.3 is 10.4 Å². The van der Waals surface area contributed by atoms with Crippen LogP contribution >= 0.6 is 22.7 Å². The van der Waals surface area contributed by atoms with Crippen LogP contribution in [0.15, 0.2) is 17.5 Å². The number of rotatable bonds is 6. The molecule has 22 heavy (non-hydrogen) atoms. The van der Waals surface area contributed by atoms with E-state index in [1.807, 2.05) is 38.3 Å². The third kappa shape index (κ3) is 4.38. The van der Waals surface area contributed by atoms with Crippen molar-refractivity contribution in [2.45, 2.75) is 40.2 Å². The summed E-state index contributed by atoms with van der Waals surface area (Å²) in [4.78, 5) is 18.6. The molecule has 4 nitrogen and oxygen atoms in total. The van der Waals surface area contributed by atoms with E-state index in [2.05, 4.69) is 10.3 Å². The Bertz CT molecular complexity index is 631. The number of carbonyl (C=O) groups is 1. The van der Waals surface area contributed by atoms with Gasteiger partial charge in [0, 0.05) is 6.54 Å². The van der Waals surface area contributed by atoms with Gasteiger partial charge in [0.2, 0.25) is 0 Å². The van der Waals surface area contributed by atoms with Crippen LogP contribution in [0.3, 0.4) is 0 Å². The molecule has 1 atom stereocenters. The molecule has 0 saturated heterocycles. The van der Waals surface area contributed by atoms with E-state index in [4.69, 9.17) is 0 Å². The van der Waals surface area contributed by atoms with E-state index in [1.165, 1.54) is 11.3 Å². The van der Waals surface area contributed by atoms with Gasteiger partial charge in [-0.3, -0.25) is 4.79 Å². The van der Waals surface area contributed by atoms with Crippen LogP contribution in [0.2, 0.25) is 0 Å². The number of aliphatic hydroxyl groups is 1. The maximum Gasteiger partial charge on any atom is 0.263 e. The number of thiazole rings is 1. The number of aliphatic hydroxyl groups excluding tert-OH is 1. The molecule has 1 amide bonds. The second-order valence-corrected chi connectivity index (χ2v) is 8.26. The van der Waals surface area contributed by atoms with Gasteiger partial charge in [0.25, 0.3) is 5.91 Å². The summed E-state index contributed by atoms with van der Waals surface area (Å²) in [6.45, 7) is 8.24. The van der Waals surface area contributed by atoms with Crippen molar-refractivity contribution in [2.24, 2.45) is 5.41 Å². The molecule has 6 heteroatoms. The monoisotopic (exact) mass is 338 g/mol. The van der Waals surface area contributed by atoms with Gasteiger partial charge >= 0.3 is 0 Å².